The van der Waals surface area contributed by atoms with Gasteiger partial charge in [0.05, 0.1) is 29.1 Å². The number of para-hydroxylation sites is 1. The summed E-state index contributed by atoms with van der Waals surface area (Å²) in [5, 5.41) is 3.03. The maximum absolute atomic E-state index is 13.1. The Labute approximate surface area is 201 Å². The number of sulfonamides is 1. The van der Waals surface area contributed by atoms with Crippen molar-refractivity contribution >= 4 is 32.7 Å². The fraction of sp³-hybridized carbons (Fsp3) is 0.440. The van der Waals surface area contributed by atoms with E-state index in [1.807, 2.05) is 38.1 Å². The Balaban J connectivity index is 1.56. The maximum Gasteiger partial charge on any atom is 0.243 e. The normalized spacial score (nSPS) is 15.0. The molecule has 2 aromatic carbocycles. The smallest absolute Gasteiger partial charge is 0.243 e. The molecule has 1 aliphatic heterocycles. The number of amides is 1. The second kappa shape index (κ2) is 10.2. The zero-order valence-electron chi connectivity index (χ0n) is 20.0. The minimum atomic E-state index is -3.60. The molecule has 0 saturated carbocycles. The third-order valence-electron chi connectivity index (χ3n) is 6.18. The number of fused-ring (bicyclic) bond motifs is 1. The summed E-state index contributed by atoms with van der Waals surface area (Å²) >= 11 is 0. The summed E-state index contributed by atoms with van der Waals surface area (Å²) in [6.07, 6.45) is 1.66. The summed E-state index contributed by atoms with van der Waals surface area (Å²) < 4.78 is 35.0. The number of hydrogen-bond acceptors (Lipinski definition) is 5. The Hall–Kier alpha value is -2.75. The molecular formula is C25H32N4O4S. The number of aryl methyl sites for hydroxylation is 4. The van der Waals surface area contributed by atoms with Crippen LogP contribution in [0.3, 0.4) is 0 Å². The second-order valence-electron chi connectivity index (χ2n) is 8.66. The van der Waals surface area contributed by atoms with Gasteiger partial charge in [0, 0.05) is 38.2 Å². The highest BCUT2D eigenvalue weighted by atomic mass is 32.2. The fourth-order valence-electron chi connectivity index (χ4n) is 4.36. The van der Waals surface area contributed by atoms with Crippen molar-refractivity contribution in [3.8, 4) is 0 Å². The number of imidazole rings is 1. The quantitative estimate of drug-likeness (QED) is 0.527. The van der Waals surface area contributed by atoms with Gasteiger partial charge in [-0.3, -0.25) is 4.79 Å². The molecule has 2 heterocycles. The van der Waals surface area contributed by atoms with E-state index in [0.29, 0.717) is 44.7 Å². The zero-order chi connectivity index (χ0) is 24.3. The number of carbonyl (C=O) groups is 1. The van der Waals surface area contributed by atoms with Gasteiger partial charge in [-0.15, -0.1) is 0 Å². The molecule has 1 aromatic heterocycles. The van der Waals surface area contributed by atoms with E-state index in [-0.39, 0.29) is 10.8 Å². The standard InChI is InChI=1S/C25H32N4O4S/c1-4-12-29-22-9-8-20(34(31,32)28-13-15-33-16-14-28)17-21(22)26-23(29)10-11-24(30)27-25-18(2)6-5-7-19(25)3/h5-9,17H,4,10-16H2,1-3H3,(H,27,30). The van der Waals surface area contributed by atoms with Crippen LogP contribution >= 0.6 is 0 Å². The number of nitrogens with one attached hydrogen (secondary N) is 1. The molecule has 1 saturated heterocycles. The van der Waals surface area contributed by atoms with Crippen LogP contribution in [0, 0.1) is 13.8 Å². The lowest BCUT2D eigenvalue weighted by Gasteiger charge is -2.26. The van der Waals surface area contributed by atoms with Crippen LogP contribution < -0.4 is 5.32 Å². The first kappa shape index (κ1) is 24.4. The van der Waals surface area contributed by atoms with E-state index in [0.717, 1.165) is 41.1 Å². The van der Waals surface area contributed by atoms with Crippen LogP contribution in [0.5, 0.6) is 0 Å². The van der Waals surface area contributed by atoms with Crippen molar-refractivity contribution in [1.29, 1.82) is 0 Å². The van der Waals surface area contributed by atoms with Crippen molar-refractivity contribution in [2.24, 2.45) is 0 Å². The molecule has 34 heavy (non-hydrogen) atoms. The molecule has 1 amide bonds. The Morgan fingerprint density at radius 3 is 2.50 bits per heavy atom. The molecule has 0 unspecified atom stereocenters. The van der Waals surface area contributed by atoms with E-state index >= 15 is 0 Å². The van der Waals surface area contributed by atoms with Gasteiger partial charge in [-0.05, 0) is 49.6 Å². The summed E-state index contributed by atoms with van der Waals surface area (Å²) in [4.78, 5) is 17.7. The van der Waals surface area contributed by atoms with Gasteiger partial charge in [0.1, 0.15) is 5.82 Å². The van der Waals surface area contributed by atoms with E-state index in [1.165, 1.54) is 4.31 Å². The molecule has 4 rings (SSSR count). The molecule has 0 aliphatic carbocycles. The first-order valence-corrected chi connectivity index (χ1v) is 13.2. The predicted molar refractivity (Wildman–Crippen MR) is 132 cm³/mol. The molecule has 0 bridgehead atoms. The number of rotatable bonds is 8. The lowest BCUT2D eigenvalue weighted by atomic mass is 10.1. The molecule has 1 aliphatic rings. The number of carbonyl (C=O) groups excluding carboxylic acids is 1. The molecule has 9 heteroatoms. The second-order valence-corrected chi connectivity index (χ2v) is 10.6. The van der Waals surface area contributed by atoms with Gasteiger partial charge >= 0.3 is 0 Å². The summed E-state index contributed by atoms with van der Waals surface area (Å²) in [6, 6.07) is 11.1. The lowest BCUT2D eigenvalue weighted by molar-refractivity contribution is -0.116. The van der Waals surface area contributed by atoms with Crippen LogP contribution in [0.4, 0.5) is 5.69 Å². The molecule has 1 fully saturated rings. The Morgan fingerprint density at radius 1 is 1.12 bits per heavy atom. The molecular weight excluding hydrogens is 452 g/mol. The lowest BCUT2D eigenvalue weighted by Crippen LogP contribution is -2.40. The third-order valence-corrected chi connectivity index (χ3v) is 8.07. The Bertz CT molecular complexity index is 1270. The topological polar surface area (TPSA) is 93.5 Å². The Morgan fingerprint density at radius 2 is 1.82 bits per heavy atom. The highest BCUT2D eigenvalue weighted by Crippen LogP contribution is 2.25. The van der Waals surface area contributed by atoms with Crippen molar-refractivity contribution in [2.45, 2.75) is 51.5 Å². The van der Waals surface area contributed by atoms with Crippen LogP contribution in [0.2, 0.25) is 0 Å². The molecule has 3 aromatic rings. The van der Waals surface area contributed by atoms with Crippen molar-refractivity contribution in [1.82, 2.24) is 13.9 Å². The maximum atomic E-state index is 13.1. The zero-order valence-corrected chi connectivity index (χ0v) is 20.8. The van der Waals surface area contributed by atoms with Gasteiger partial charge in [0.25, 0.3) is 0 Å². The first-order chi connectivity index (χ1) is 16.3. The van der Waals surface area contributed by atoms with E-state index in [2.05, 4.69) is 16.8 Å². The molecule has 0 atom stereocenters. The summed E-state index contributed by atoms with van der Waals surface area (Å²) in [6.45, 7) is 8.30. The van der Waals surface area contributed by atoms with E-state index in [9.17, 15) is 13.2 Å². The molecule has 1 N–H and O–H groups in total. The van der Waals surface area contributed by atoms with Gasteiger partial charge in [-0.2, -0.15) is 4.31 Å². The molecule has 8 nitrogen and oxygen atoms in total. The van der Waals surface area contributed by atoms with Crippen LogP contribution in [-0.2, 0) is 32.5 Å². The van der Waals surface area contributed by atoms with Crippen LogP contribution in [0.15, 0.2) is 41.3 Å². The van der Waals surface area contributed by atoms with Gasteiger partial charge < -0.3 is 14.6 Å². The van der Waals surface area contributed by atoms with Crippen LogP contribution in [0.25, 0.3) is 11.0 Å². The number of morpholine rings is 1. The number of ether oxygens (including phenoxy) is 1. The average molecular weight is 485 g/mol. The highest BCUT2D eigenvalue weighted by molar-refractivity contribution is 7.89. The van der Waals surface area contributed by atoms with Gasteiger partial charge in [-0.1, -0.05) is 25.1 Å². The van der Waals surface area contributed by atoms with Crippen molar-refractivity contribution in [3.63, 3.8) is 0 Å². The van der Waals surface area contributed by atoms with Crippen LogP contribution in [-0.4, -0.2) is 54.5 Å². The number of nitrogens with zero attached hydrogens (tertiary/aromatic N) is 3. The highest BCUT2D eigenvalue weighted by Gasteiger charge is 2.27. The van der Waals surface area contributed by atoms with Crippen LogP contribution in [0.1, 0.15) is 36.7 Å². The van der Waals surface area contributed by atoms with Crippen molar-refractivity contribution < 1.29 is 17.9 Å². The minimum absolute atomic E-state index is 0.0666. The molecule has 182 valence electrons. The van der Waals surface area contributed by atoms with Gasteiger partial charge in [0.2, 0.25) is 15.9 Å². The summed E-state index contributed by atoms with van der Waals surface area (Å²) in [7, 11) is -3.60. The number of benzene rings is 2. The number of anilines is 1. The third kappa shape index (κ3) is 5.01. The molecule has 0 radical (unpaired) electrons. The predicted octanol–water partition coefficient (Wildman–Crippen LogP) is 3.66. The van der Waals surface area contributed by atoms with Gasteiger partial charge in [0.15, 0.2) is 0 Å². The summed E-state index contributed by atoms with van der Waals surface area (Å²) in [5.74, 6) is 0.720. The van der Waals surface area contributed by atoms with E-state index in [1.54, 1.807) is 12.1 Å². The van der Waals surface area contributed by atoms with Crippen molar-refractivity contribution in [3.05, 3.63) is 53.3 Å². The largest absolute Gasteiger partial charge is 0.379 e. The first-order valence-electron chi connectivity index (χ1n) is 11.7. The minimum Gasteiger partial charge on any atom is -0.379 e. The van der Waals surface area contributed by atoms with Crippen molar-refractivity contribution in [2.75, 3.05) is 31.6 Å². The Kier molecular flexibility index (Phi) is 7.35. The molecule has 0 spiro atoms. The monoisotopic (exact) mass is 484 g/mol. The average Bonchev–Trinajstić information content (AvgIpc) is 3.17. The van der Waals surface area contributed by atoms with E-state index in [4.69, 9.17) is 9.72 Å². The SMILES string of the molecule is CCCn1c(CCC(=O)Nc2c(C)cccc2C)nc2cc(S(=O)(=O)N3CCOCC3)ccc21. The van der Waals surface area contributed by atoms with Gasteiger partial charge in [-0.25, -0.2) is 13.4 Å². The van der Waals surface area contributed by atoms with E-state index < -0.39 is 10.0 Å². The fourth-order valence-corrected chi connectivity index (χ4v) is 5.79. The number of aromatic nitrogens is 2. The number of hydrogen-bond donors (Lipinski definition) is 1. The summed E-state index contributed by atoms with van der Waals surface area (Å²) in [5.41, 5.74) is 4.43.